The lowest BCUT2D eigenvalue weighted by atomic mass is 10.4. The third-order valence-corrected chi connectivity index (χ3v) is 3.59. The van der Waals surface area contributed by atoms with Crippen LogP contribution >= 0.6 is 22.9 Å². The molecule has 1 rings (SSSR count). The number of nitrogens with one attached hydrogen (secondary N) is 1. The molecule has 0 saturated carbocycles. The van der Waals surface area contributed by atoms with Crippen LogP contribution in [0.3, 0.4) is 0 Å². The number of ether oxygens (including phenoxy) is 3. The Labute approximate surface area is 124 Å². The lowest BCUT2D eigenvalue weighted by molar-refractivity contribution is 0.0408. The Bertz CT molecular complexity index is 323. The first-order valence-electron chi connectivity index (χ1n) is 6.42. The Morgan fingerprint density at radius 3 is 2.58 bits per heavy atom. The quantitative estimate of drug-likeness (QED) is 0.603. The van der Waals surface area contributed by atoms with Gasteiger partial charge in [-0.2, -0.15) is 0 Å². The van der Waals surface area contributed by atoms with E-state index in [1.165, 1.54) is 4.88 Å². The number of methoxy groups -OCH3 is 1. The minimum Gasteiger partial charge on any atom is -0.385 e. The van der Waals surface area contributed by atoms with E-state index in [1.807, 2.05) is 12.1 Å². The second kappa shape index (κ2) is 11.6. The van der Waals surface area contributed by atoms with E-state index in [0.29, 0.717) is 19.8 Å². The smallest absolute Gasteiger partial charge is 0.0931 e. The molecule has 1 heterocycles. The molecule has 0 aromatic carbocycles. The molecule has 0 atom stereocenters. The van der Waals surface area contributed by atoms with Gasteiger partial charge in [-0.25, -0.2) is 0 Å². The van der Waals surface area contributed by atoms with Gasteiger partial charge >= 0.3 is 0 Å². The second-order valence-electron chi connectivity index (χ2n) is 3.95. The first-order chi connectivity index (χ1) is 9.33. The third kappa shape index (κ3) is 9.38. The maximum atomic E-state index is 5.85. The summed E-state index contributed by atoms with van der Waals surface area (Å²) in [4.78, 5) is 1.24. The minimum absolute atomic E-state index is 0.638. The van der Waals surface area contributed by atoms with Crippen molar-refractivity contribution < 1.29 is 14.2 Å². The first-order valence-corrected chi connectivity index (χ1v) is 7.61. The molecule has 0 spiro atoms. The normalized spacial score (nSPS) is 11.1. The average molecular weight is 308 g/mol. The summed E-state index contributed by atoms with van der Waals surface area (Å²) in [5.41, 5.74) is 0. The fraction of sp³-hybridized carbons (Fsp3) is 0.692. The van der Waals surface area contributed by atoms with E-state index in [0.717, 1.165) is 37.1 Å². The van der Waals surface area contributed by atoms with Crippen LogP contribution in [0.2, 0.25) is 4.34 Å². The van der Waals surface area contributed by atoms with Gasteiger partial charge in [-0.3, -0.25) is 0 Å². The van der Waals surface area contributed by atoms with Gasteiger partial charge in [0.15, 0.2) is 0 Å². The second-order valence-corrected chi connectivity index (χ2v) is 5.75. The number of thiophene rings is 1. The van der Waals surface area contributed by atoms with Crippen molar-refractivity contribution in [2.45, 2.75) is 13.0 Å². The molecule has 0 radical (unpaired) electrons. The molecule has 0 aliphatic heterocycles. The molecule has 19 heavy (non-hydrogen) atoms. The lowest BCUT2D eigenvalue weighted by Gasteiger charge is -2.06. The highest BCUT2D eigenvalue weighted by Gasteiger charge is 1.97. The van der Waals surface area contributed by atoms with Crippen molar-refractivity contribution >= 4 is 22.9 Å². The van der Waals surface area contributed by atoms with Crippen molar-refractivity contribution in [1.82, 2.24) is 5.32 Å². The lowest BCUT2D eigenvalue weighted by Crippen LogP contribution is -2.19. The van der Waals surface area contributed by atoms with Gasteiger partial charge in [-0.05, 0) is 18.6 Å². The molecule has 4 nitrogen and oxygen atoms in total. The summed E-state index contributed by atoms with van der Waals surface area (Å²) < 4.78 is 16.6. The molecule has 0 fully saturated rings. The van der Waals surface area contributed by atoms with E-state index in [1.54, 1.807) is 18.4 Å². The van der Waals surface area contributed by atoms with Crippen LogP contribution in [0.5, 0.6) is 0 Å². The van der Waals surface area contributed by atoms with E-state index in [-0.39, 0.29) is 0 Å². The third-order valence-electron chi connectivity index (χ3n) is 2.36. The fourth-order valence-corrected chi connectivity index (χ4v) is 2.49. The Balaban J connectivity index is 1.79. The molecule has 0 aliphatic rings. The standard InChI is InChI=1S/C13H22ClNO3S/c1-16-6-2-7-17-9-10-18-8-5-15-11-12-3-4-13(14)19-12/h3-4,15H,2,5-11H2,1H3. The molecular formula is C13H22ClNO3S. The minimum atomic E-state index is 0.638. The Morgan fingerprint density at radius 1 is 1.11 bits per heavy atom. The topological polar surface area (TPSA) is 39.7 Å². The Morgan fingerprint density at radius 2 is 1.89 bits per heavy atom. The summed E-state index contributed by atoms with van der Waals surface area (Å²) >= 11 is 7.45. The van der Waals surface area contributed by atoms with Crippen LogP contribution in [0.25, 0.3) is 0 Å². The van der Waals surface area contributed by atoms with Crippen LogP contribution in [0.15, 0.2) is 12.1 Å². The van der Waals surface area contributed by atoms with Crippen LogP contribution in [-0.4, -0.2) is 46.7 Å². The molecule has 1 N–H and O–H groups in total. The van der Waals surface area contributed by atoms with Gasteiger partial charge in [0.05, 0.1) is 24.2 Å². The van der Waals surface area contributed by atoms with Gasteiger partial charge in [0.25, 0.3) is 0 Å². The molecule has 110 valence electrons. The summed E-state index contributed by atoms with van der Waals surface area (Å²) in [6.07, 6.45) is 0.932. The molecule has 0 aliphatic carbocycles. The number of rotatable bonds is 12. The van der Waals surface area contributed by atoms with Crippen molar-refractivity contribution in [3.05, 3.63) is 21.3 Å². The predicted molar refractivity (Wildman–Crippen MR) is 79.2 cm³/mol. The van der Waals surface area contributed by atoms with E-state index in [2.05, 4.69) is 5.32 Å². The van der Waals surface area contributed by atoms with Crippen LogP contribution in [0, 0.1) is 0 Å². The Hall–Kier alpha value is -0.170. The van der Waals surface area contributed by atoms with Gasteiger partial charge in [0, 0.05) is 38.3 Å². The zero-order valence-corrected chi connectivity index (χ0v) is 12.9. The summed E-state index contributed by atoms with van der Waals surface area (Å²) in [6.45, 7) is 5.13. The van der Waals surface area contributed by atoms with Crippen molar-refractivity contribution in [2.24, 2.45) is 0 Å². The highest BCUT2D eigenvalue weighted by molar-refractivity contribution is 7.16. The number of hydrogen-bond acceptors (Lipinski definition) is 5. The molecule has 0 bridgehead atoms. The monoisotopic (exact) mass is 307 g/mol. The average Bonchev–Trinajstić information content (AvgIpc) is 2.82. The summed E-state index contributed by atoms with van der Waals surface area (Å²) in [7, 11) is 1.69. The maximum absolute atomic E-state index is 5.85. The van der Waals surface area contributed by atoms with Gasteiger partial charge < -0.3 is 19.5 Å². The van der Waals surface area contributed by atoms with E-state index >= 15 is 0 Å². The molecule has 1 aromatic rings. The maximum Gasteiger partial charge on any atom is 0.0931 e. The van der Waals surface area contributed by atoms with E-state index in [9.17, 15) is 0 Å². The molecule has 0 saturated heterocycles. The first kappa shape index (κ1) is 16.9. The summed E-state index contributed by atoms with van der Waals surface area (Å²) in [5, 5.41) is 3.30. The van der Waals surface area contributed by atoms with Gasteiger partial charge in [-0.15, -0.1) is 11.3 Å². The molecule has 0 unspecified atom stereocenters. The van der Waals surface area contributed by atoms with Crippen LogP contribution in [-0.2, 0) is 20.8 Å². The predicted octanol–water partition coefficient (Wildman–Crippen LogP) is 2.56. The summed E-state index contributed by atoms with van der Waals surface area (Å²) in [5.74, 6) is 0. The van der Waals surface area contributed by atoms with Crippen molar-refractivity contribution in [3.8, 4) is 0 Å². The highest BCUT2D eigenvalue weighted by Crippen LogP contribution is 2.20. The van der Waals surface area contributed by atoms with Crippen LogP contribution in [0.1, 0.15) is 11.3 Å². The van der Waals surface area contributed by atoms with Crippen molar-refractivity contribution in [1.29, 1.82) is 0 Å². The molecule has 6 heteroatoms. The van der Waals surface area contributed by atoms with Crippen molar-refractivity contribution in [2.75, 3.05) is 46.7 Å². The molecule has 0 amide bonds. The molecule has 1 aromatic heterocycles. The largest absolute Gasteiger partial charge is 0.385 e. The SMILES string of the molecule is COCCCOCCOCCNCc1ccc(Cl)s1. The van der Waals surface area contributed by atoms with Gasteiger partial charge in [0.2, 0.25) is 0 Å². The number of halogens is 1. The van der Waals surface area contributed by atoms with E-state index in [4.69, 9.17) is 25.8 Å². The Kier molecular flexibility index (Phi) is 10.3. The zero-order valence-electron chi connectivity index (χ0n) is 11.3. The van der Waals surface area contributed by atoms with Crippen LogP contribution in [0.4, 0.5) is 0 Å². The van der Waals surface area contributed by atoms with Crippen molar-refractivity contribution in [3.63, 3.8) is 0 Å². The molecular weight excluding hydrogens is 286 g/mol. The van der Waals surface area contributed by atoms with E-state index < -0.39 is 0 Å². The number of hydrogen-bond donors (Lipinski definition) is 1. The van der Waals surface area contributed by atoms with Gasteiger partial charge in [-0.1, -0.05) is 11.6 Å². The summed E-state index contributed by atoms with van der Waals surface area (Å²) in [6, 6.07) is 3.95. The van der Waals surface area contributed by atoms with Gasteiger partial charge in [0.1, 0.15) is 0 Å². The highest BCUT2D eigenvalue weighted by atomic mass is 35.5. The zero-order chi connectivity index (χ0) is 13.8. The van der Waals surface area contributed by atoms with Crippen LogP contribution < -0.4 is 5.32 Å². The fourth-order valence-electron chi connectivity index (χ4n) is 1.43.